The highest BCUT2D eigenvalue weighted by Crippen LogP contribution is 2.45. The molecule has 0 bridgehead atoms. The van der Waals surface area contributed by atoms with E-state index in [4.69, 9.17) is 32.5 Å². The number of benzene rings is 1. The largest absolute Gasteiger partial charge is 0.484 e. The van der Waals surface area contributed by atoms with Crippen molar-refractivity contribution >= 4 is 23.0 Å². The van der Waals surface area contributed by atoms with Gasteiger partial charge in [0.1, 0.15) is 12.7 Å². The molecular formula is C9H11ClN2O2. The summed E-state index contributed by atoms with van der Waals surface area (Å²) in [4.78, 5) is 0. The summed E-state index contributed by atoms with van der Waals surface area (Å²) in [6.07, 6.45) is -0.0392. The summed E-state index contributed by atoms with van der Waals surface area (Å²) in [5, 5.41) is 0.388. The van der Waals surface area contributed by atoms with Gasteiger partial charge in [-0.25, -0.2) is 0 Å². The van der Waals surface area contributed by atoms with Gasteiger partial charge in [0.25, 0.3) is 0 Å². The van der Waals surface area contributed by atoms with E-state index in [0.717, 1.165) is 0 Å². The highest BCUT2D eigenvalue weighted by Gasteiger charge is 2.23. The van der Waals surface area contributed by atoms with Crippen molar-refractivity contribution in [2.45, 2.75) is 13.0 Å². The zero-order valence-corrected chi connectivity index (χ0v) is 8.47. The number of nitrogens with two attached hydrogens (primary N) is 2. The molecule has 14 heavy (non-hydrogen) atoms. The number of ether oxygens (including phenoxy) is 2. The molecule has 0 spiro atoms. The number of anilines is 2. The quantitative estimate of drug-likeness (QED) is 0.645. The van der Waals surface area contributed by atoms with Gasteiger partial charge in [-0.15, -0.1) is 0 Å². The monoisotopic (exact) mass is 214 g/mol. The molecule has 0 saturated carbocycles. The highest BCUT2D eigenvalue weighted by atomic mass is 35.5. The first kappa shape index (κ1) is 9.27. The second-order valence-corrected chi connectivity index (χ2v) is 3.67. The normalized spacial score (nSPS) is 19.4. The molecule has 2 rings (SSSR count). The molecule has 1 heterocycles. The van der Waals surface area contributed by atoms with Gasteiger partial charge in [-0.1, -0.05) is 11.6 Å². The van der Waals surface area contributed by atoms with E-state index in [0.29, 0.717) is 34.5 Å². The average Bonchev–Trinajstić information content (AvgIpc) is 2.14. The van der Waals surface area contributed by atoms with Crippen molar-refractivity contribution in [3.8, 4) is 11.5 Å². The summed E-state index contributed by atoms with van der Waals surface area (Å²) in [7, 11) is 0. The van der Waals surface area contributed by atoms with Crippen LogP contribution in [-0.2, 0) is 0 Å². The lowest BCUT2D eigenvalue weighted by atomic mass is 10.2. The van der Waals surface area contributed by atoms with Gasteiger partial charge in [-0.2, -0.15) is 0 Å². The van der Waals surface area contributed by atoms with Crippen LogP contribution in [0.25, 0.3) is 0 Å². The lowest BCUT2D eigenvalue weighted by Crippen LogP contribution is -2.27. The van der Waals surface area contributed by atoms with Crippen LogP contribution in [0.15, 0.2) is 6.07 Å². The van der Waals surface area contributed by atoms with Crippen LogP contribution in [0.5, 0.6) is 11.5 Å². The standard InChI is InChI=1S/C9H11ClN2O2/c1-4-3-13-8-6(11)2-5(10)7(12)9(8)14-4/h2,4H,3,11-12H2,1H3. The zero-order valence-electron chi connectivity index (χ0n) is 7.71. The summed E-state index contributed by atoms with van der Waals surface area (Å²) >= 11 is 5.86. The minimum Gasteiger partial charge on any atom is -0.484 e. The summed E-state index contributed by atoms with van der Waals surface area (Å²) in [6, 6.07) is 1.56. The molecule has 0 aromatic heterocycles. The van der Waals surface area contributed by atoms with Crippen LogP contribution in [0.3, 0.4) is 0 Å². The predicted molar refractivity (Wildman–Crippen MR) is 55.9 cm³/mol. The first-order valence-electron chi connectivity index (χ1n) is 4.26. The Kier molecular flexibility index (Phi) is 2.07. The molecule has 4 nitrogen and oxygen atoms in total. The minimum absolute atomic E-state index is 0.0392. The van der Waals surface area contributed by atoms with Crippen molar-refractivity contribution in [1.29, 1.82) is 0 Å². The fraction of sp³-hybridized carbons (Fsp3) is 0.333. The van der Waals surface area contributed by atoms with E-state index in [1.807, 2.05) is 6.92 Å². The topological polar surface area (TPSA) is 70.5 Å². The maximum Gasteiger partial charge on any atom is 0.188 e. The van der Waals surface area contributed by atoms with E-state index in [1.54, 1.807) is 6.07 Å². The van der Waals surface area contributed by atoms with Crippen molar-refractivity contribution < 1.29 is 9.47 Å². The Morgan fingerprint density at radius 1 is 1.43 bits per heavy atom. The molecule has 1 aliphatic rings. The third kappa shape index (κ3) is 1.32. The third-order valence-corrected chi connectivity index (χ3v) is 2.35. The maximum atomic E-state index is 5.86. The van der Waals surface area contributed by atoms with Gasteiger partial charge in [0.15, 0.2) is 11.5 Å². The molecule has 1 aromatic rings. The third-order valence-electron chi connectivity index (χ3n) is 2.03. The maximum absolute atomic E-state index is 5.86. The second kappa shape index (κ2) is 3.13. The second-order valence-electron chi connectivity index (χ2n) is 3.26. The first-order valence-corrected chi connectivity index (χ1v) is 4.64. The lowest BCUT2D eigenvalue weighted by molar-refractivity contribution is 0.106. The summed E-state index contributed by atoms with van der Waals surface area (Å²) in [5.41, 5.74) is 12.3. The average molecular weight is 215 g/mol. The van der Waals surface area contributed by atoms with Crippen LogP contribution in [0.1, 0.15) is 6.92 Å². The van der Waals surface area contributed by atoms with E-state index >= 15 is 0 Å². The van der Waals surface area contributed by atoms with E-state index in [9.17, 15) is 0 Å². The van der Waals surface area contributed by atoms with Gasteiger partial charge in [0.2, 0.25) is 0 Å². The highest BCUT2D eigenvalue weighted by molar-refractivity contribution is 6.34. The smallest absolute Gasteiger partial charge is 0.188 e. The number of halogens is 1. The Bertz CT molecular complexity index is 382. The molecule has 1 atom stereocenters. The fourth-order valence-corrected chi connectivity index (χ4v) is 1.55. The molecular weight excluding hydrogens is 204 g/mol. The summed E-state index contributed by atoms with van der Waals surface area (Å²) < 4.78 is 10.9. The molecule has 76 valence electrons. The van der Waals surface area contributed by atoms with Crippen molar-refractivity contribution in [2.24, 2.45) is 0 Å². The number of hydrogen-bond donors (Lipinski definition) is 2. The molecule has 1 aromatic carbocycles. The summed E-state index contributed by atoms with van der Waals surface area (Å²) in [5.74, 6) is 0.943. The Morgan fingerprint density at radius 3 is 2.86 bits per heavy atom. The zero-order chi connectivity index (χ0) is 10.3. The molecule has 0 saturated heterocycles. The van der Waals surface area contributed by atoms with E-state index < -0.39 is 0 Å². The van der Waals surface area contributed by atoms with Gasteiger partial charge >= 0.3 is 0 Å². The van der Waals surface area contributed by atoms with Gasteiger partial charge < -0.3 is 20.9 Å². The van der Waals surface area contributed by atoms with Crippen LogP contribution < -0.4 is 20.9 Å². The van der Waals surface area contributed by atoms with Crippen LogP contribution in [0, 0.1) is 0 Å². The molecule has 1 unspecified atom stereocenters. The number of nitrogen functional groups attached to an aromatic ring is 2. The van der Waals surface area contributed by atoms with E-state index in [-0.39, 0.29) is 6.10 Å². The van der Waals surface area contributed by atoms with E-state index in [1.165, 1.54) is 0 Å². The van der Waals surface area contributed by atoms with Gasteiger partial charge in [-0.3, -0.25) is 0 Å². The predicted octanol–water partition coefficient (Wildman–Crippen LogP) is 1.66. The van der Waals surface area contributed by atoms with Crippen molar-refractivity contribution in [1.82, 2.24) is 0 Å². The molecule has 0 amide bonds. The number of fused-ring (bicyclic) bond motifs is 1. The molecule has 4 N–H and O–H groups in total. The van der Waals surface area contributed by atoms with Crippen LogP contribution in [0.4, 0.5) is 11.4 Å². The molecule has 1 aliphatic heterocycles. The Hall–Kier alpha value is -1.29. The van der Waals surface area contributed by atoms with Crippen molar-refractivity contribution in [2.75, 3.05) is 18.1 Å². The molecule has 0 radical (unpaired) electrons. The first-order chi connectivity index (χ1) is 6.59. The Morgan fingerprint density at radius 2 is 2.14 bits per heavy atom. The van der Waals surface area contributed by atoms with Crippen molar-refractivity contribution in [3.63, 3.8) is 0 Å². The number of rotatable bonds is 0. The Labute approximate surface area is 86.7 Å². The molecule has 0 aliphatic carbocycles. The summed E-state index contributed by atoms with van der Waals surface area (Å²) in [6.45, 7) is 2.36. The Balaban J connectivity index is 2.57. The van der Waals surface area contributed by atoms with Gasteiger partial charge in [-0.05, 0) is 13.0 Å². The lowest BCUT2D eigenvalue weighted by Gasteiger charge is -2.26. The van der Waals surface area contributed by atoms with Gasteiger partial charge in [0, 0.05) is 0 Å². The SMILES string of the molecule is CC1COc2c(N)cc(Cl)c(N)c2O1. The van der Waals surface area contributed by atoms with Crippen LogP contribution in [0.2, 0.25) is 5.02 Å². The van der Waals surface area contributed by atoms with E-state index in [2.05, 4.69) is 0 Å². The number of hydrogen-bond acceptors (Lipinski definition) is 4. The molecule has 0 fully saturated rings. The van der Waals surface area contributed by atoms with Gasteiger partial charge in [0.05, 0.1) is 16.4 Å². The minimum atomic E-state index is -0.0392. The van der Waals surface area contributed by atoms with Crippen LogP contribution in [-0.4, -0.2) is 12.7 Å². The fourth-order valence-electron chi connectivity index (χ4n) is 1.34. The van der Waals surface area contributed by atoms with Crippen molar-refractivity contribution in [3.05, 3.63) is 11.1 Å². The van der Waals surface area contributed by atoms with Crippen LogP contribution >= 0.6 is 11.6 Å². The molecule has 5 heteroatoms.